The van der Waals surface area contributed by atoms with Crippen molar-refractivity contribution in [1.82, 2.24) is 4.90 Å². The molecule has 2 aliphatic rings. The molecule has 2 fully saturated rings. The molecule has 0 aromatic heterocycles. The van der Waals surface area contributed by atoms with E-state index in [1.165, 1.54) is 60.5 Å². The molecular formula is C33H31Cl2F2N3O5. The fourth-order valence-electron chi connectivity index (χ4n) is 7.01. The molecule has 2 aliphatic heterocycles. The van der Waals surface area contributed by atoms with Gasteiger partial charge in [-0.2, -0.15) is 5.26 Å². The van der Waals surface area contributed by atoms with E-state index >= 15 is 8.78 Å². The lowest BCUT2D eigenvalue weighted by Gasteiger charge is -2.42. The molecule has 45 heavy (non-hydrogen) atoms. The summed E-state index contributed by atoms with van der Waals surface area (Å²) < 4.78 is 37.6. The Hall–Kier alpha value is -3.75. The van der Waals surface area contributed by atoms with E-state index in [2.05, 4.69) is 6.07 Å². The monoisotopic (exact) mass is 657 g/mol. The Balaban J connectivity index is 1.85. The van der Waals surface area contributed by atoms with Gasteiger partial charge in [0.2, 0.25) is 5.91 Å². The smallest absolute Gasteiger partial charge is 0.335 e. The molecule has 3 aromatic rings. The van der Waals surface area contributed by atoms with Gasteiger partial charge in [-0.25, -0.2) is 13.6 Å². The van der Waals surface area contributed by atoms with Crippen molar-refractivity contribution in [2.24, 2.45) is 5.41 Å². The number of benzene rings is 3. The molecular weight excluding hydrogens is 627 g/mol. The van der Waals surface area contributed by atoms with E-state index in [-0.39, 0.29) is 44.6 Å². The quantitative estimate of drug-likeness (QED) is 0.303. The number of ether oxygens (including phenoxy) is 1. The molecule has 0 saturated carbocycles. The maximum atomic E-state index is 16.1. The summed E-state index contributed by atoms with van der Waals surface area (Å²) in [4.78, 5) is 29.3. The van der Waals surface area contributed by atoms with Gasteiger partial charge >= 0.3 is 5.97 Å². The lowest BCUT2D eigenvalue weighted by atomic mass is 9.62. The predicted molar refractivity (Wildman–Crippen MR) is 165 cm³/mol. The molecule has 2 saturated heterocycles. The Labute approximate surface area is 269 Å². The third-order valence-electron chi connectivity index (χ3n) is 8.68. The molecule has 236 valence electrons. The first-order valence-corrected chi connectivity index (χ1v) is 14.9. The third kappa shape index (κ3) is 5.22. The number of carbonyl (C=O) groups excluding carboxylic acids is 1. The number of nitrogens with zero attached hydrogens (tertiary/aromatic N) is 3. The van der Waals surface area contributed by atoms with Crippen molar-refractivity contribution >= 4 is 40.8 Å². The van der Waals surface area contributed by atoms with Crippen LogP contribution in [0.3, 0.4) is 0 Å². The lowest BCUT2D eigenvalue weighted by molar-refractivity contribution is -0.119. The van der Waals surface area contributed by atoms with Gasteiger partial charge in [0.15, 0.2) is 0 Å². The number of methoxy groups -OCH3 is 1. The molecule has 1 unspecified atom stereocenters. The van der Waals surface area contributed by atoms with Gasteiger partial charge in [-0.05, 0) is 53.8 Å². The number of carboxylic acids is 1. The number of anilines is 1. The zero-order valence-electron chi connectivity index (χ0n) is 24.9. The average Bonchev–Trinajstić information content (AvgIpc) is 3.42. The second-order valence-electron chi connectivity index (χ2n) is 12.5. The number of aliphatic hydroxyl groups is 1. The molecule has 1 amide bonds. The minimum Gasteiger partial charge on any atom is -0.495 e. The second kappa shape index (κ2) is 11.9. The van der Waals surface area contributed by atoms with Gasteiger partial charge in [-0.1, -0.05) is 62.2 Å². The highest BCUT2D eigenvalue weighted by molar-refractivity contribution is 6.31. The predicted octanol–water partition coefficient (Wildman–Crippen LogP) is 6.38. The molecule has 0 bridgehead atoms. The first-order chi connectivity index (χ1) is 21.2. The molecule has 2 heterocycles. The topological polar surface area (TPSA) is 114 Å². The van der Waals surface area contributed by atoms with Gasteiger partial charge in [0.05, 0.1) is 36.1 Å². The number of carbonyl (C=O) groups is 2. The summed E-state index contributed by atoms with van der Waals surface area (Å²) in [7, 11) is 1.32. The van der Waals surface area contributed by atoms with Gasteiger partial charge in [0.25, 0.3) is 0 Å². The number of amides is 1. The summed E-state index contributed by atoms with van der Waals surface area (Å²) >= 11 is 12.4. The number of carboxylic acid groups (broad SMARTS) is 1. The third-order valence-corrected chi connectivity index (χ3v) is 9.21. The van der Waals surface area contributed by atoms with Gasteiger partial charge in [0, 0.05) is 22.5 Å². The number of aromatic carboxylic acids is 1. The van der Waals surface area contributed by atoms with Crippen LogP contribution in [-0.2, 0) is 10.2 Å². The number of hydrogen-bond acceptors (Lipinski definition) is 6. The van der Waals surface area contributed by atoms with Crippen LogP contribution in [0.25, 0.3) is 0 Å². The normalized spacial score (nSPS) is 24.9. The van der Waals surface area contributed by atoms with Crippen LogP contribution in [0.15, 0.2) is 54.6 Å². The van der Waals surface area contributed by atoms with Gasteiger partial charge in [-0.15, -0.1) is 0 Å². The lowest BCUT2D eigenvalue weighted by Crippen LogP contribution is -2.53. The molecule has 0 aliphatic carbocycles. The zero-order chi connectivity index (χ0) is 33.0. The summed E-state index contributed by atoms with van der Waals surface area (Å²) in [5.74, 6) is -4.74. The minimum atomic E-state index is -1.86. The molecule has 2 N–H and O–H groups in total. The summed E-state index contributed by atoms with van der Waals surface area (Å²) in [6.45, 7) is 5.15. The molecule has 5 rings (SSSR count). The van der Waals surface area contributed by atoms with E-state index in [1.807, 2.05) is 20.8 Å². The highest BCUT2D eigenvalue weighted by Crippen LogP contribution is 2.60. The first-order valence-electron chi connectivity index (χ1n) is 14.1. The molecule has 12 heteroatoms. The molecule has 0 spiro atoms. The van der Waals surface area contributed by atoms with E-state index < -0.39 is 65.1 Å². The Morgan fingerprint density at radius 2 is 1.84 bits per heavy atom. The van der Waals surface area contributed by atoms with Crippen molar-refractivity contribution in [2.45, 2.75) is 56.8 Å². The van der Waals surface area contributed by atoms with Crippen molar-refractivity contribution < 1.29 is 33.3 Å². The van der Waals surface area contributed by atoms with E-state index in [1.54, 1.807) is 4.90 Å². The number of nitriles is 1. The number of aliphatic hydroxyl groups excluding tert-OH is 1. The van der Waals surface area contributed by atoms with Gasteiger partial charge < -0.3 is 14.9 Å². The highest BCUT2D eigenvalue weighted by Gasteiger charge is 2.70. The van der Waals surface area contributed by atoms with Crippen molar-refractivity contribution in [3.05, 3.63) is 93.0 Å². The van der Waals surface area contributed by atoms with Crippen LogP contribution in [0, 0.1) is 28.4 Å². The Kier molecular flexibility index (Phi) is 8.62. The molecule has 5 atom stereocenters. The zero-order valence-corrected chi connectivity index (χ0v) is 26.4. The largest absolute Gasteiger partial charge is 0.495 e. The summed E-state index contributed by atoms with van der Waals surface area (Å²) in [6.07, 6.45) is -0.889. The van der Waals surface area contributed by atoms with E-state index in [4.69, 9.17) is 27.9 Å². The SMILES string of the molecule is COc1cc(C(=O)O)ccc1N1C(=O)[C@H]2C(c3cccc(Cl)c3F)[C@@](C#N)(c3ccc(Cl)cc3F)[C@H](CC(C)(C)C)N2[C@@H]1CO. The number of hydrogen-bond donors (Lipinski definition) is 2. The van der Waals surface area contributed by atoms with E-state index in [9.17, 15) is 25.1 Å². The Morgan fingerprint density at radius 1 is 1.13 bits per heavy atom. The summed E-state index contributed by atoms with van der Waals surface area (Å²) in [6, 6.07) is 12.2. The van der Waals surface area contributed by atoms with Crippen molar-refractivity contribution in [3.8, 4) is 11.8 Å². The molecule has 8 nitrogen and oxygen atoms in total. The van der Waals surface area contributed by atoms with E-state index in [0.29, 0.717) is 0 Å². The maximum absolute atomic E-state index is 16.1. The highest BCUT2D eigenvalue weighted by atomic mass is 35.5. The number of rotatable bonds is 7. The van der Waals surface area contributed by atoms with Crippen molar-refractivity contribution in [1.29, 1.82) is 5.26 Å². The summed E-state index contributed by atoms with van der Waals surface area (Å²) in [5.41, 5.74) is -2.41. The molecule has 3 aromatic carbocycles. The van der Waals surface area contributed by atoms with Crippen LogP contribution in [0.5, 0.6) is 5.75 Å². The fourth-order valence-corrected chi connectivity index (χ4v) is 7.35. The summed E-state index contributed by atoms with van der Waals surface area (Å²) in [5, 5.41) is 31.5. The minimum absolute atomic E-state index is 0.0519. The van der Waals surface area contributed by atoms with Crippen LogP contribution in [0.1, 0.15) is 54.6 Å². The second-order valence-corrected chi connectivity index (χ2v) is 13.3. The first kappa shape index (κ1) is 32.6. The number of halogens is 4. The number of fused-ring (bicyclic) bond motifs is 1. The standard InChI is InChI=1S/C33H31Cl2F2N3O5/c1-32(2,3)14-25-33(16-38,20-10-9-18(34)13-22(20)36)27(19-6-5-7-21(35)28(19)37)29-30(42)39(26(15-41)40(25)29)23-11-8-17(31(43)44)12-24(23)45-4/h5-13,25-27,29,41H,14-15H2,1-4H3,(H,43,44)/t25-,26+,27?,29+,33-/m0/s1. The van der Waals surface area contributed by atoms with Crippen LogP contribution in [0.4, 0.5) is 14.5 Å². The van der Waals surface area contributed by atoms with Crippen LogP contribution < -0.4 is 9.64 Å². The maximum Gasteiger partial charge on any atom is 0.335 e. The van der Waals surface area contributed by atoms with Gasteiger partial charge in [-0.3, -0.25) is 14.6 Å². The van der Waals surface area contributed by atoms with E-state index in [0.717, 1.165) is 6.07 Å². The molecule has 0 radical (unpaired) electrons. The van der Waals surface area contributed by atoms with Crippen molar-refractivity contribution in [3.63, 3.8) is 0 Å². The van der Waals surface area contributed by atoms with Crippen LogP contribution in [-0.4, -0.2) is 59.0 Å². The Morgan fingerprint density at radius 3 is 2.42 bits per heavy atom. The Bertz CT molecular complexity index is 1730. The van der Waals surface area contributed by atoms with Crippen molar-refractivity contribution in [2.75, 3.05) is 18.6 Å². The fraction of sp³-hybridized carbons (Fsp3) is 0.364. The van der Waals surface area contributed by atoms with Crippen LogP contribution >= 0.6 is 23.2 Å². The van der Waals surface area contributed by atoms with Gasteiger partial charge in [0.1, 0.15) is 35.0 Å². The van der Waals surface area contributed by atoms with Crippen LogP contribution in [0.2, 0.25) is 10.0 Å². The average molecular weight is 659 g/mol.